The lowest BCUT2D eigenvalue weighted by molar-refractivity contribution is -0.133. The van der Waals surface area contributed by atoms with Gasteiger partial charge in [-0.05, 0) is 112 Å². The van der Waals surface area contributed by atoms with Gasteiger partial charge in [0.15, 0.2) is 0 Å². The number of carbonyl (C=O) groups excluding carboxylic acids is 2. The van der Waals surface area contributed by atoms with Crippen molar-refractivity contribution in [3.8, 4) is 16.9 Å². The average molecular weight is 706 g/mol. The molecule has 9 nitrogen and oxygen atoms in total. The number of methoxy groups -OCH3 is 1. The summed E-state index contributed by atoms with van der Waals surface area (Å²) in [6.07, 6.45) is 9.43. The number of imide groups is 1. The largest absolute Gasteiger partial charge is 0.496 e. The zero-order chi connectivity index (χ0) is 35.5. The summed E-state index contributed by atoms with van der Waals surface area (Å²) in [7, 11) is 3.46. The number of anilines is 2. The van der Waals surface area contributed by atoms with Crippen LogP contribution in [0.1, 0.15) is 68.1 Å². The summed E-state index contributed by atoms with van der Waals surface area (Å²) in [5.74, 6) is 1.21. The highest BCUT2D eigenvalue weighted by molar-refractivity contribution is 6.32. The second kappa shape index (κ2) is 15.6. The van der Waals surface area contributed by atoms with E-state index in [4.69, 9.17) is 16.3 Å². The van der Waals surface area contributed by atoms with Gasteiger partial charge in [-0.25, -0.2) is 4.39 Å². The summed E-state index contributed by atoms with van der Waals surface area (Å²) in [6.45, 7) is 8.30. The van der Waals surface area contributed by atoms with Crippen molar-refractivity contribution in [1.82, 2.24) is 14.8 Å². The van der Waals surface area contributed by atoms with Gasteiger partial charge in [-0.1, -0.05) is 24.4 Å². The van der Waals surface area contributed by atoms with Gasteiger partial charge in [0.25, 0.3) is 5.56 Å². The molecule has 0 radical (unpaired) electrons. The zero-order valence-electron chi connectivity index (χ0n) is 29.6. The van der Waals surface area contributed by atoms with Gasteiger partial charge in [0.05, 0.1) is 12.8 Å². The van der Waals surface area contributed by atoms with E-state index in [1.807, 2.05) is 38.2 Å². The first kappa shape index (κ1) is 35.9. The van der Waals surface area contributed by atoms with Gasteiger partial charge >= 0.3 is 0 Å². The number of aromatic nitrogens is 1. The number of aryl methyl sites for hydroxylation is 1. The topological polar surface area (TPSA) is 95.9 Å². The molecule has 1 unspecified atom stereocenters. The predicted octanol–water partition coefficient (Wildman–Crippen LogP) is 6.60. The first-order chi connectivity index (χ1) is 24.0. The SMILES string of the molecule is COc1cc(-c2cn(C)c(=O)c(C)c2C)cc(Cl)c1CN1CCC(CCC2CCN(c3ccc(NC4CCC(=O)NC4=O)cc3F)CC2)CC1. The number of rotatable bonds is 10. The summed E-state index contributed by atoms with van der Waals surface area (Å²) in [4.78, 5) is 40.5. The minimum atomic E-state index is -0.533. The number of nitrogens with one attached hydrogen (secondary N) is 2. The molecule has 2 N–H and O–H groups in total. The van der Waals surface area contributed by atoms with Crippen molar-refractivity contribution in [3.05, 3.63) is 74.4 Å². The van der Waals surface area contributed by atoms with Gasteiger partial charge in [0, 0.05) is 66.7 Å². The van der Waals surface area contributed by atoms with Gasteiger partial charge in [-0.2, -0.15) is 0 Å². The van der Waals surface area contributed by atoms with Crippen molar-refractivity contribution in [2.24, 2.45) is 18.9 Å². The molecule has 2 amide bonds. The normalized spacial score (nSPS) is 19.5. The highest BCUT2D eigenvalue weighted by atomic mass is 35.5. The molecule has 11 heteroatoms. The summed E-state index contributed by atoms with van der Waals surface area (Å²) in [5.41, 5.74) is 5.77. The molecule has 4 heterocycles. The molecule has 1 aromatic heterocycles. The van der Waals surface area contributed by atoms with Crippen LogP contribution in [0.3, 0.4) is 0 Å². The van der Waals surface area contributed by atoms with Crippen LogP contribution in [0.2, 0.25) is 5.02 Å². The van der Waals surface area contributed by atoms with Crippen LogP contribution in [-0.2, 0) is 23.2 Å². The highest BCUT2D eigenvalue weighted by Crippen LogP contribution is 2.37. The van der Waals surface area contributed by atoms with Gasteiger partial charge in [-0.3, -0.25) is 24.6 Å². The fourth-order valence-corrected chi connectivity index (χ4v) is 8.12. The van der Waals surface area contributed by atoms with E-state index in [0.29, 0.717) is 34.7 Å². The van der Waals surface area contributed by atoms with Crippen LogP contribution in [0.25, 0.3) is 11.1 Å². The maximum Gasteiger partial charge on any atom is 0.253 e. The number of pyridine rings is 1. The quantitative estimate of drug-likeness (QED) is 0.230. The monoisotopic (exact) mass is 705 g/mol. The van der Waals surface area contributed by atoms with Gasteiger partial charge < -0.3 is 19.5 Å². The van der Waals surface area contributed by atoms with Crippen molar-refractivity contribution in [2.75, 3.05) is 43.5 Å². The van der Waals surface area contributed by atoms with Gasteiger partial charge in [0.1, 0.15) is 17.6 Å². The molecule has 268 valence electrons. The van der Waals surface area contributed by atoms with E-state index in [-0.39, 0.29) is 29.6 Å². The molecule has 3 fully saturated rings. The number of halogens is 2. The molecule has 3 aliphatic heterocycles. The molecule has 3 aromatic rings. The lowest BCUT2D eigenvalue weighted by atomic mass is 9.85. The van der Waals surface area contributed by atoms with Crippen LogP contribution >= 0.6 is 11.6 Å². The third-order valence-electron chi connectivity index (χ3n) is 11.2. The molecule has 50 heavy (non-hydrogen) atoms. The molecule has 0 saturated carbocycles. The molecular weight excluding hydrogens is 657 g/mol. The Morgan fingerprint density at radius 1 is 0.940 bits per heavy atom. The molecule has 0 spiro atoms. The smallest absolute Gasteiger partial charge is 0.253 e. The molecule has 1 atom stereocenters. The number of amides is 2. The van der Waals surface area contributed by atoms with Crippen LogP contribution in [-0.4, -0.2) is 60.6 Å². The average Bonchev–Trinajstić information content (AvgIpc) is 3.11. The van der Waals surface area contributed by atoms with Crippen LogP contribution in [0.15, 0.2) is 41.3 Å². The number of hydrogen-bond acceptors (Lipinski definition) is 7. The molecule has 0 aliphatic carbocycles. The Bertz CT molecular complexity index is 1800. The minimum Gasteiger partial charge on any atom is -0.496 e. The predicted molar refractivity (Wildman–Crippen MR) is 197 cm³/mol. The van der Waals surface area contributed by atoms with Crippen molar-refractivity contribution < 1.29 is 18.7 Å². The molecular formula is C39H49ClFN5O4. The van der Waals surface area contributed by atoms with E-state index in [1.54, 1.807) is 24.8 Å². The second-order valence-electron chi connectivity index (χ2n) is 14.4. The van der Waals surface area contributed by atoms with Gasteiger partial charge in [-0.15, -0.1) is 0 Å². The summed E-state index contributed by atoms with van der Waals surface area (Å²) in [6, 6.07) is 8.56. The molecule has 6 rings (SSSR count). The van der Waals surface area contributed by atoms with Crippen LogP contribution < -0.4 is 25.8 Å². The summed E-state index contributed by atoms with van der Waals surface area (Å²) >= 11 is 6.89. The number of likely N-dealkylation sites (tertiary alicyclic amines) is 1. The molecule has 2 aromatic carbocycles. The Labute approximate surface area is 299 Å². The van der Waals surface area contributed by atoms with Crippen LogP contribution in [0, 0.1) is 31.5 Å². The van der Waals surface area contributed by atoms with Crippen molar-refractivity contribution in [3.63, 3.8) is 0 Å². The zero-order valence-corrected chi connectivity index (χ0v) is 30.4. The Hall–Kier alpha value is -3.89. The second-order valence-corrected chi connectivity index (χ2v) is 14.8. The Morgan fingerprint density at radius 2 is 1.62 bits per heavy atom. The Morgan fingerprint density at radius 3 is 2.26 bits per heavy atom. The van der Waals surface area contributed by atoms with E-state index in [0.717, 1.165) is 92.0 Å². The number of ether oxygens (including phenoxy) is 1. The van der Waals surface area contributed by atoms with Crippen molar-refractivity contribution in [2.45, 2.75) is 77.8 Å². The lowest BCUT2D eigenvalue weighted by Gasteiger charge is -2.36. The maximum atomic E-state index is 15.1. The number of piperidine rings is 3. The number of carbonyl (C=O) groups is 2. The fraction of sp³-hybridized carbons (Fsp3) is 0.513. The maximum absolute atomic E-state index is 15.1. The third-order valence-corrected chi connectivity index (χ3v) is 11.5. The Balaban J connectivity index is 0.957. The highest BCUT2D eigenvalue weighted by Gasteiger charge is 2.28. The summed E-state index contributed by atoms with van der Waals surface area (Å²) < 4.78 is 22.6. The van der Waals surface area contributed by atoms with E-state index in [9.17, 15) is 14.4 Å². The van der Waals surface area contributed by atoms with E-state index >= 15 is 4.39 Å². The van der Waals surface area contributed by atoms with E-state index in [2.05, 4.69) is 20.4 Å². The third kappa shape index (κ3) is 8.02. The number of benzene rings is 2. The minimum absolute atomic E-state index is 0.00804. The van der Waals surface area contributed by atoms with Crippen molar-refractivity contribution in [1.29, 1.82) is 0 Å². The molecule has 3 saturated heterocycles. The van der Waals surface area contributed by atoms with Crippen LogP contribution in [0.5, 0.6) is 5.75 Å². The van der Waals surface area contributed by atoms with Crippen LogP contribution in [0.4, 0.5) is 15.8 Å². The lowest BCUT2D eigenvalue weighted by Crippen LogP contribution is -2.47. The number of hydrogen-bond donors (Lipinski definition) is 2. The number of nitrogens with zero attached hydrogens (tertiary/aromatic N) is 3. The standard InChI is InChI=1S/C39H49ClFN5O4/c1-24-25(2)39(49)44(3)22-30(24)28-19-32(40)31(36(20-28)50-4)23-45-15-11-26(12-16-45)5-6-27-13-17-46(18-14-27)35-9-7-29(21-33(35)41)42-34-8-10-37(47)43-38(34)48/h7,9,19-22,26-27,34,42H,5-6,8,10-18,23H2,1-4H3,(H,43,47,48). The molecule has 0 bridgehead atoms. The van der Waals surface area contributed by atoms with E-state index in [1.165, 1.54) is 18.9 Å². The first-order valence-electron chi connectivity index (χ1n) is 17.9. The van der Waals surface area contributed by atoms with Crippen molar-refractivity contribution >= 4 is 34.8 Å². The Kier molecular flexibility index (Phi) is 11.2. The van der Waals surface area contributed by atoms with E-state index < -0.39 is 6.04 Å². The molecule has 3 aliphatic rings. The fourth-order valence-electron chi connectivity index (χ4n) is 7.85. The first-order valence-corrected chi connectivity index (χ1v) is 18.3. The summed E-state index contributed by atoms with van der Waals surface area (Å²) in [5, 5.41) is 6.08. The van der Waals surface area contributed by atoms with Gasteiger partial charge in [0.2, 0.25) is 11.8 Å².